The predicted octanol–water partition coefficient (Wildman–Crippen LogP) is 1.52. The molecule has 0 amide bonds. The summed E-state index contributed by atoms with van der Waals surface area (Å²) in [7, 11) is 0. The van der Waals surface area contributed by atoms with Gasteiger partial charge in [-0.15, -0.1) is 0 Å². The molecule has 0 fully saturated rings. The summed E-state index contributed by atoms with van der Waals surface area (Å²) >= 11 is 0. The summed E-state index contributed by atoms with van der Waals surface area (Å²) < 4.78 is 35.9. The monoisotopic (exact) mass is 221 g/mol. The molecule has 1 aromatic carbocycles. The summed E-state index contributed by atoms with van der Waals surface area (Å²) in [5.74, 6) is -4.70. The molecule has 3 nitrogen and oxygen atoms in total. The molecule has 0 spiro atoms. The smallest absolute Gasteiger partial charge is 0.320 e. The quantitative estimate of drug-likeness (QED) is 0.707. The number of carbonyl (C=O) groups is 1. The van der Waals surface area contributed by atoms with E-state index in [2.05, 4.69) is 0 Å². The van der Waals surface area contributed by atoms with Crippen molar-refractivity contribution >= 4 is 5.97 Å². The van der Waals surface area contributed by atoms with Crippen molar-refractivity contribution in [2.45, 2.75) is 13.0 Å². The first kappa shape index (κ1) is 13.4. The highest BCUT2D eigenvalue weighted by molar-refractivity contribution is 5.72. The van der Waals surface area contributed by atoms with Gasteiger partial charge in [0.05, 0.1) is 0 Å². The molecule has 0 saturated heterocycles. The number of rotatable bonds is 1. The van der Waals surface area contributed by atoms with Crippen LogP contribution in [-0.4, -0.2) is 17.1 Å². The fourth-order valence-corrected chi connectivity index (χ4v) is 0.477. The van der Waals surface area contributed by atoms with Crippen LogP contribution in [0.1, 0.15) is 6.92 Å². The predicted molar refractivity (Wildman–Crippen MR) is 47.6 cm³/mol. The van der Waals surface area contributed by atoms with E-state index in [0.29, 0.717) is 0 Å². The molecule has 0 radical (unpaired) electrons. The summed E-state index contributed by atoms with van der Waals surface area (Å²) in [5, 5.41) is 7.87. The van der Waals surface area contributed by atoms with E-state index >= 15 is 0 Å². The molecule has 0 bridgehead atoms. The van der Waals surface area contributed by atoms with Crippen LogP contribution in [0.4, 0.5) is 13.2 Å². The third-order valence-corrected chi connectivity index (χ3v) is 1.29. The van der Waals surface area contributed by atoms with E-state index in [-0.39, 0.29) is 0 Å². The van der Waals surface area contributed by atoms with Crippen LogP contribution in [0, 0.1) is 17.5 Å². The zero-order valence-corrected chi connectivity index (χ0v) is 7.88. The van der Waals surface area contributed by atoms with Gasteiger partial charge in [0.15, 0.2) is 17.5 Å². The minimum atomic E-state index is -1.42. The molecule has 0 aliphatic heterocycles. The highest BCUT2D eigenvalue weighted by atomic mass is 19.2. The fraction of sp³-hybridized carbons (Fsp3) is 0.222. The molecule has 1 rings (SSSR count). The summed E-state index contributed by atoms with van der Waals surface area (Å²) in [6, 6.07) is 2.09. The maximum absolute atomic E-state index is 12.0. The van der Waals surface area contributed by atoms with Crippen molar-refractivity contribution in [2.24, 2.45) is 5.73 Å². The van der Waals surface area contributed by atoms with Crippen molar-refractivity contribution in [1.82, 2.24) is 0 Å². The van der Waals surface area contributed by atoms with Crippen molar-refractivity contribution in [1.29, 1.82) is 0 Å². The van der Waals surface area contributed by atoms with Crippen molar-refractivity contribution in [3.8, 4) is 0 Å². The van der Waals surface area contributed by atoms with Crippen LogP contribution >= 0.6 is 0 Å². The Kier molecular flexibility index (Phi) is 5.40. The number of hydrogen-bond donors (Lipinski definition) is 2. The van der Waals surface area contributed by atoms with Crippen molar-refractivity contribution < 1.29 is 23.1 Å². The van der Waals surface area contributed by atoms with E-state index in [1.54, 1.807) is 0 Å². The van der Waals surface area contributed by atoms with Gasteiger partial charge in [0.2, 0.25) is 0 Å². The normalized spacial score (nSPS) is 11.3. The Morgan fingerprint density at radius 1 is 1.33 bits per heavy atom. The highest BCUT2D eigenvalue weighted by Crippen LogP contribution is 2.07. The van der Waals surface area contributed by atoms with Gasteiger partial charge in [-0.3, -0.25) is 4.79 Å². The molecule has 1 unspecified atom stereocenters. The topological polar surface area (TPSA) is 63.3 Å². The summed E-state index contributed by atoms with van der Waals surface area (Å²) in [5.41, 5.74) is 4.84. The van der Waals surface area contributed by atoms with Gasteiger partial charge in [0.25, 0.3) is 0 Å². The molecule has 1 atom stereocenters. The summed E-state index contributed by atoms with van der Waals surface area (Å²) in [6.07, 6.45) is 0. The van der Waals surface area contributed by atoms with Crippen molar-refractivity contribution in [3.63, 3.8) is 0 Å². The molecular weight excluding hydrogens is 211 g/mol. The maximum Gasteiger partial charge on any atom is 0.320 e. The second-order valence-corrected chi connectivity index (χ2v) is 2.66. The maximum atomic E-state index is 12.0. The van der Waals surface area contributed by atoms with E-state index < -0.39 is 29.5 Å². The molecule has 0 aromatic heterocycles. The third kappa shape index (κ3) is 5.02. The van der Waals surface area contributed by atoms with Crippen molar-refractivity contribution in [2.75, 3.05) is 0 Å². The molecular formula is C9H10F3NO2. The number of hydrogen-bond acceptors (Lipinski definition) is 2. The lowest BCUT2D eigenvalue weighted by molar-refractivity contribution is -0.138. The van der Waals surface area contributed by atoms with Gasteiger partial charge in [-0.05, 0) is 19.1 Å². The van der Waals surface area contributed by atoms with Gasteiger partial charge in [-0.2, -0.15) is 0 Å². The molecule has 0 saturated carbocycles. The Morgan fingerprint density at radius 3 is 1.87 bits per heavy atom. The first-order valence-electron chi connectivity index (χ1n) is 3.94. The van der Waals surface area contributed by atoms with E-state index in [1.165, 1.54) is 6.92 Å². The Morgan fingerprint density at radius 2 is 1.67 bits per heavy atom. The van der Waals surface area contributed by atoms with Crippen LogP contribution in [0.5, 0.6) is 0 Å². The molecule has 84 valence electrons. The van der Waals surface area contributed by atoms with E-state index in [9.17, 15) is 18.0 Å². The Balaban J connectivity index is 0.000000288. The number of benzene rings is 1. The lowest BCUT2D eigenvalue weighted by Gasteiger charge is -1.90. The molecule has 3 N–H and O–H groups in total. The largest absolute Gasteiger partial charge is 0.480 e. The summed E-state index contributed by atoms with van der Waals surface area (Å²) in [4.78, 5) is 9.57. The molecule has 0 aliphatic carbocycles. The number of halogens is 3. The molecule has 6 heteroatoms. The average Bonchev–Trinajstić information content (AvgIpc) is 2.15. The van der Waals surface area contributed by atoms with E-state index in [4.69, 9.17) is 10.8 Å². The van der Waals surface area contributed by atoms with Gasteiger partial charge >= 0.3 is 5.97 Å². The molecule has 15 heavy (non-hydrogen) atoms. The second-order valence-electron chi connectivity index (χ2n) is 2.66. The highest BCUT2D eigenvalue weighted by Gasteiger charge is 2.04. The lowest BCUT2D eigenvalue weighted by atomic mass is 10.3. The number of carboxylic acid groups (broad SMARTS) is 1. The van der Waals surface area contributed by atoms with E-state index in [1.807, 2.05) is 0 Å². The van der Waals surface area contributed by atoms with Gasteiger partial charge in [-0.1, -0.05) is 6.07 Å². The Labute approximate surface area is 84.3 Å². The van der Waals surface area contributed by atoms with Gasteiger partial charge < -0.3 is 10.8 Å². The van der Waals surface area contributed by atoms with Crippen LogP contribution in [0.2, 0.25) is 0 Å². The third-order valence-electron chi connectivity index (χ3n) is 1.29. The van der Waals surface area contributed by atoms with Crippen LogP contribution in [0.3, 0.4) is 0 Å². The SMILES string of the molecule is CC(N)C(=O)O.Fc1cccc(F)c1F. The Hall–Kier alpha value is -1.56. The van der Waals surface area contributed by atoms with Gasteiger partial charge in [0, 0.05) is 0 Å². The van der Waals surface area contributed by atoms with Gasteiger partial charge in [0.1, 0.15) is 6.04 Å². The fourth-order valence-electron chi connectivity index (χ4n) is 0.477. The zero-order valence-electron chi connectivity index (χ0n) is 7.88. The van der Waals surface area contributed by atoms with Crippen LogP contribution in [-0.2, 0) is 4.79 Å². The minimum Gasteiger partial charge on any atom is -0.480 e. The number of aliphatic carboxylic acids is 1. The molecule has 0 heterocycles. The van der Waals surface area contributed by atoms with Crippen LogP contribution in [0.25, 0.3) is 0 Å². The first-order valence-corrected chi connectivity index (χ1v) is 3.94. The zero-order chi connectivity index (χ0) is 12.0. The van der Waals surface area contributed by atoms with E-state index in [0.717, 1.165) is 18.2 Å². The number of carboxylic acids is 1. The first-order chi connectivity index (χ1) is 6.86. The van der Waals surface area contributed by atoms with Gasteiger partial charge in [-0.25, -0.2) is 13.2 Å². The minimum absolute atomic E-state index is 0.731. The van der Waals surface area contributed by atoms with Crippen LogP contribution in [0.15, 0.2) is 18.2 Å². The standard InChI is InChI=1S/C6H3F3.C3H7NO2/c7-4-2-1-3-5(8)6(4)9;1-2(4)3(5)6/h1-3H;2H,4H2,1H3,(H,5,6). The average molecular weight is 221 g/mol. The summed E-state index contributed by atoms with van der Waals surface area (Å²) in [6.45, 7) is 1.42. The second kappa shape index (κ2) is 6.02. The van der Waals surface area contributed by atoms with Crippen LogP contribution < -0.4 is 5.73 Å². The Bertz CT molecular complexity index is 322. The molecule has 0 aliphatic rings. The molecule has 1 aromatic rings. The number of nitrogens with two attached hydrogens (primary N) is 1. The van der Waals surface area contributed by atoms with Crippen molar-refractivity contribution in [3.05, 3.63) is 35.7 Å². The lowest BCUT2D eigenvalue weighted by Crippen LogP contribution is -2.25.